The molecule has 2 aliphatic carbocycles. The SMILES string of the molecule is N#CN[S@@](=O)(=NC(=O)Nc1c2c(cc3c1CCC3)CCC2)c1ccccc1. The Hall–Kier alpha value is -2.85. The van der Waals surface area contributed by atoms with Gasteiger partial charge in [-0.25, -0.2) is 13.7 Å². The molecule has 6 nitrogen and oxygen atoms in total. The summed E-state index contributed by atoms with van der Waals surface area (Å²) in [7, 11) is -3.36. The summed E-state index contributed by atoms with van der Waals surface area (Å²) in [5.74, 6) is 0. The van der Waals surface area contributed by atoms with Crippen LogP contribution in [-0.2, 0) is 35.6 Å². The zero-order valence-electron chi connectivity index (χ0n) is 14.8. The van der Waals surface area contributed by atoms with Gasteiger partial charge >= 0.3 is 6.03 Å². The Morgan fingerprint density at radius 1 is 1.04 bits per heavy atom. The van der Waals surface area contributed by atoms with E-state index in [0.717, 1.165) is 44.2 Å². The van der Waals surface area contributed by atoms with Gasteiger partial charge in [0.25, 0.3) is 0 Å². The van der Waals surface area contributed by atoms with Crippen LogP contribution in [0.15, 0.2) is 45.7 Å². The van der Waals surface area contributed by atoms with Crippen molar-refractivity contribution in [3.63, 3.8) is 0 Å². The summed E-state index contributed by atoms with van der Waals surface area (Å²) in [4.78, 5) is 13.0. The van der Waals surface area contributed by atoms with E-state index in [1.54, 1.807) is 36.5 Å². The van der Waals surface area contributed by atoms with Crippen molar-refractivity contribution in [3.05, 3.63) is 58.7 Å². The van der Waals surface area contributed by atoms with E-state index in [0.29, 0.717) is 4.90 Å². The van der Waals surface area contributed by atoms with Crippen molar-refractivity contribution in [3.8, 4) is 6.19 Å². The first kappa shape index (κ1) is 17.6. The van der Waals surface area contributed by atoms with Crippen molar-refractivity contribution in [2.24, 2.45) is 4.36 Å². The van der Waals surface area contributed by atoms with E-state index in [2.05, 4.69) is 20.5 Å². The maximum absolute atomic E-state index is 13.1. The van der Waals surface area contributed by atoms with Crippen LogP contribution in [0.3, 0.4) is 0 Å². The molecular weight excluding hydrogens is 360 g/mol. The van der Waals surface area contributed by atoms with Gasteiger partial charge in [-0.05, 0) is 72.9 Å². The van der Waals surface area contributed by atoms with Crippen molar-refractivity contribution in [1.82, 2.24) is 4.72 Å². The van der Waals surface area contributed by atoms with Gasteiger partial charge in [0.15, 0.2) is 16.1 Å². The van der Waals surface area contributed by atoms with Crippen LogP contribution in [0.25, 0.3) is 0 Å². The van der Waals surface area contributed by atoms with Crippen molar-refractivity contribution in [2.45, 2.75) is 43.4 Å². The molecule has 27 heavy (non-hydrogen) atoms. The van der Waals surface area contributed by atoms with E-state index in [4.69, 9.17) is 5.26 Å². The van der Waals surface area contributed by atoms with E-state index in [-0.39, 0.29) is 0 Å². The van der Waals surface area contributed by atoms with Crippen LogP contribution in [-0.4, -0.2) is 10.2 Å². The number of anilines is 1. The second-order valence-corrected chi connectivity index (χ2v) is 8.72. The first-order valence-electron chi connectivity index (χ1n) is 9.06. The Kier molecular flexibility index (Phi) is 4.58. The van der Waals surface area contributed by atoms with E-state index in [1.165, 1.54) is 22.3 Å². The molecule has 2 amide bonds. The number of aryl methyl sites for hydroxylation is 2. The molecule has 0 saturated carbocycles. The number of carbonyl (C=O) groups excluding carboxylic acids is 1. The number of rotatable bonds is 3. The van der Waals surface area contributed by atoms with Crippen LogP contribution < -0.4 is 10.0 Å². The molecule has 0 aromatic heterocycles. The standard InChI is InChI=1S/C20H20N4O2S/c21-13-22-27(26,16-8-2-1-3-9-16)24-20(25)23-19-17-10-4-6-14(17)12-15-7-5-11-18(15)19/h1-3,8-9,12H,4-7,10-11H2,(H2,22,23,24,25,26)/t27-/m1/s1. The number of hydrogen-bond donors (Lipinski definition) is 2. The van der Waals surface area contributed by atoms with Crippen LogP contribution in [0.1, 0.15) is 35.1 Å². The lowest BCUT2D eigenvalue weighted by Crippen LogP contribution is -2.22. The van der Waals surface area contributed by atoms with Gasteiger partial charge in [-0.2, -0.15) is 5.26 Å². The van der Waals surface area contributed by atoms with Crippen LogP contribution >= 0.6 is 0 Å². The molecule has 0 fully saturated rings. The predicted molar refractivity (Wildman–Crippen MR) is 104 cm³/mol. The minimum absolute atomic E-state index is 0.296. The minimum Gasteiger partial charge on any atom is -0.305 e. The number of hydrogen-bond acceptors (Lipinski definition) is 3. The Balaban J connectivity index is 1.72. The predicted octanol–water partition coefficient (Wildman–Crippen LogP) is 3.71. The van der Waals surface area contributed by atoms with Crippen LogP contribution in [0.4, 0.5) is 10.5 Å². The third-order valence-corrected chi connectivity index (χ3v) is 6.87. The third-order valence-electron chi connectivity index (χ3n) is 5.16. The molecule has 2 N–H and O–H groups in total. The van der Waals surface area contributed by atoms with E-state index in [9.17, 15) is 9.00 Å². The smallest absolute Gasteiger partial charge is 0.305 e. The van der Waals surface area contributed by atoms with Crippen LogP contribution in [0, 0.1) is 11.5 Å². The number of nitrogens with one attached hydrogen (secondary N) is 2. The molecule has 0 unspecified atom stereocenters. The van der Waals surface area contributed by atoms with Gasteiger partial charge in [-0.3, -0.25) is 0 Å². The number of carbonyl (C=O) groups is 1. The van der Waals surface area contributed by atoms with Crippen molar-refractivity contribution in [2.75, 3.05) is 5.32 Å². The van der Waals surface area contributed by atoms with Gasteiger partial charge in [0, 0.05) is 5.69 Å². The molecule has 2 aliphatic rings. The van der Waals surface area contributed by atoms with Gasteiger partial charge in [-0.15, -0.1) is 4.36 Å². The molecule has 2 aromatic rings. The Morgan fingerprint density at radius 2 is 1.67 bits per heavy atom. The number of amides is 2. The lowest BCUT2D eigenvalue weighted by atomic mass is 9.99. The fourth-order valence-corrected chi connectivity index (χ4v) is 5.21. The zero-order chi connectivity index (χ0) is 18.9. The summed E-state index contributed by atoms with van der Waals surface area (Å²) < 4.78 is 19.2. The number of nitriles is 1. The summed E-state index contributed by atoms with van der Waals surface area (Å²) in [5, 5.41) is 11.9. The summed E-state index contributed by atoms with van der Waals surface area (Å²) in [6.07, 6.45) is 7.74. The van der Waals surface area contributed by atoms with Gasteiger partial charge in [0.05, 0.1) is 4.90 Å². The van der Waals surface area contributed by atoms with Gasteiger partial charge < -0.3 is 5.32 Å². The number of urea groups is 1. The van der Waals surface area contributed by atoms with Gasteiger partial charge in [0.2, 0.25) is 0 Å². The molecule has 1 atom stereocenters. The number of nitrogens with zero attached hydrogens (tertiary/aromatic N) is 2. The highest BCUT2D eigenvalue weighted by molar-refractivity contribution is 7.92. The summed E-state index contributed by atoms with van der Waals surface area (Å²) in [5.41, 5.74) is 5.80. The average molecular weight is 380 g/mol. The first-order chi connectivity index (χ1) is 13.1. The first-order valence-corrected chi connectivity index (χ1v) is 10.6. The molecule has 0 saturated heterocycles. The maximum atomic E-state index is 13.1. The molecule has 138 valence electrons. The second-order valence-electron chi connectivity index (χ2n) is 6.81. The fourth-order valence-electron chi connectivity index (χ4n) is 4.01. The van der Waals surface area contributed by atoms with Crippen molar-refractivity contribution < 1.29 is 9.00 Å². The molecule has 0 heterocycles. The molecule has 7 heteroatoms. The highest BCUT2D eigenvalue weighted by Crippen LogP contribution is 2.38. The summed E-state index contributed by atoms with van der Waals surface area (Å²) >= 11 is 0. The Morgan fingerprint density at radius 3 is 2.26 bits per heavy atom. The topological polar surface area (TPSA) is 94.3 Å². The van der Waals surface area contributed by atoms with Gasteiger partial charge in [0.1, 0.15) is 0 Å². The highest BCUT2D eigenvalue weighted by Gasteiger charge is 2.25. The van der Waals surface area contributed by atoms with Crippen molar-refractivity contribution in [1.29, 1.82) is 5.26 Å². The fraction of sp³-hybridized carbons (Fsp3) is 0.300. The zero-order valence-corrected chi connectivity index (χ0v) is 15.6. The van der Waals surface area contributed by atoms with Crippen LogP contribution in [0.5, 0.6) is 0 Å². The molecular formula is C20H20N4O2S. The Bertz CT molecular complexity index is 1030. The van der Waals surface area contributed by atoms with Crippen molar-refractivity contribution >= 4 is 21.6 Å². The average Bonchev–Trinajstić information content (AvgIpc) is 3.31. The maximum Gasteiger partial charge on any atom is 0.355 e. The quantitative estimate of drug-likeness (QED) is 0.628. The van der Waals surface area contributed by atoms with E-state index >= 15 is 0 Å². The lowest BCUT2D eigenvalue weighted by Gasteiger charge is -2.15. The highest BCUT2D eigenvalue weighted by atomic mass is 32.2. The largest absolute Gasteiger partial charge is 0.355 e. The normalized spacial score (nSPS) is 16.6. The molecule has 4 rings (SSSR count). The Labute approximate surface area is 158 Å². The molecule has 0 radical (unpaired) electrons. The molecule has 2 aromatic carbocycles. The minimum atomic E-state index is -3.36. The third kappa shape index (κ3) is 3.28. The van der Waals surface area contributed by atoms with E-state index < -0.39 is 15.9 Å². The molecule has 0 bridgehead atoms. The monoisotopic (exact) mass is 380 g/mol. The number of fused-ring (bicyclic) bond motifs is 2. The van der Waals surface area contributed by atoms with E-state index in [1.807, 2.05) is 0 Å². The second kappa shape index (κ2) is 7.05. The van der Waals surface area contributed by atoms with Crippen LogP contribution in [0.2, 0.25) is 0 Å². The number of benzene rings is 2. The lowest BCUT2D eigenvalue weighted by molar-refractivity contribution is 0.260. The molecule has 0 aliphatic heterocycles. The molecule has 0 spiro atoms. The summed E-state index contributed by atoms with van der Waals surface area (Å²) in [6, 6.07) is 9.91. The summed E-state index contributed by atoms with van der Waals surface area (Å²) in [6.45, 7) is 0. The van der Waals surface area contributed by atoms with Gasteiger partial charge in [-0.1, -0.05) is 24.3 Å².